The lowest BCUT2D eigenvalue weighted by molar-refractivity contribution is -0.132. The topological polar surface area (TPSA) is 77.2 Å². The molecule has 0 radical (unpaired) electrons. The fourth-order valence-electron chi connectivity index (χ4n) is 2.01. The van der Waals surface area contributed by atoms with E-state index in [2.05, 4.69) is 10.3 Å². The van der Waals surface area contributed by atoms with Crippen molar-refractivity contribution in [2.45, 2.75) is 44.9 Å². The van der Waals surface area contributed by atoms with Gasteiger partial charge in [-0.3, -0.25) is 4.79 Å². The number of carbonyl (C=O) groups excluding carboxylic acids is 1. The van der Waals surface area contributed by atoms with Crippen molar-refractivity contribution in [1.29, 1.82) is 0 Å². The Kier molecular flexibility index (Phi) is 8.62. The van der Waals surface area contributed by atoms with Crippen molar-refractivity contribution < 1.29 is 9.53 Å². The van der Waals surface area contributed by atoms with Gasteiger partial charge in [-0.05, 0) is 26.7 Å². The molecule has 2 heterocycles. The zero-order valence-electron chi connectivity index (χ0n) is 11.5. The molecule has 3 atom stereocenters. The Morgan fingerprint density at radius 1 is 1.60 bits per heavy atom. The van der Waals surface area contributed by atoms with Crippen LogP contribution in [0.2, 0.25) is 0 Å². The molecule has 8 heteroatoms. The molecule has 1 saturated heterocycles. The smallest absolute Gasteiger partial charge is 0.249 e. The number of thiazole rings is 1. The van der Waals surface area contributed by atoms with Crippen LogP contribution in [-0.4, -0.2) is 29.6 Å². The van der Waals surface area contributed by atoms with Crippen LogP contribution in [0.3, 0.4) is 0 Å². The highest BCUT2D eigenvalue weighted by Gasteiger charge is 2.30. The minimum atomic E-state index is -0.359. The lowest BCUT2D eigenvalue weighted by Crippen LogP contribution is -2.36. The fraction of sp³-hybridized carbons (Fsp3) is 0.667. The minimum Gasteiger partial charge on any atom is -0.364 e. The molecule has 1 aromatic heterocycles. The van der Waals surface area contributed by atoms with Gasteiger partial charge in [-0.1, -0.05) is 0 Å². The van der Waals surface area contributed by atoms with Crippen molar-refractivity contribution in [3.8, 4) is 0 Å². The second-order valence-corrected chi connectivity index (χ2v) is 5.51. The summed E-state index contributed by atoms with van der Waals surface area (Å²) in [5, 5.41) is 5.85. The Morgan fingerprint density at radius 2 is 2.30 bits per heavy atom. The molecule has 0 spiro atoms. The van der Waals surface area contributed by atoms with E-state index in [9.17, 15) is 4.79 Å². The van der Waals surface area contributed by atoms with Crippen LogP contribution in [0.25, 0.3) is 0 Å². The third kappa shape index (κ3) is 4.86. The van der Waals surface area contributed by atoms with Crippen LogP contribution >= 0.6 is 36.2 Å². The maximum Gasteiger partial charge on any atom is 0.249 e. The van der Waals surface area contributed by atoms with Gasteiger partial charge in [-0.15, -0.1) is 36.2 Å². The number of halogens is 2. The molecule has 20 heavy (non-hydrogen) atoms. The molecule has 1 aliphatic heterocycles. The molecule has 116 valence electrons. The highest BCUT2D eigenvalue weighted by molar-refractivity contribution is 7.09. The predicted octanol–water partition coefficient (Wildman–Crippen LogP) is 1.98. The van der Waals surface area contributed by atoms with E-state index in [1.807, 2.05) is 19.2 Å². The first-order chi connectivity index (χ1) is 8.60. The molecule has 3 N–H and O–H groups in total. The number of aryl methyl sites for hydroxylation is 1. The molecule has 1 aromatic rings. The summed E-state index contributed by atoms with van der Waals surface area (Å²) in [6.07, 6.45) is 1.27. The lowest BCUT2D eigenvalue weighted by Gasteiger charge is -2.16. The standard InChI is InChI=1S/C12H19N3O2S.2ClH/c1-7-6-18-12(14-7)8(2)15-11(16)10-4-3-9(5-13)17-10;;/h6,8-10H,3-5,13H2,1-2H3,(H,15,16);2*1H/t8?,9-,10+;;/m1../s1. The van der Waals surface area contributed by atoms with Crippen LogP contribution in [0.15, 0.2) is 5.38 Å². The van der Waals surface area contributed by atoms with Crippen molar-refractivity contribution in [3.05, 3.63) is 16.1 Å². The molecule has 0 aromatic carbocycles. The van der Waals surface area contributed by atoms with Gasteiger partial charge < -0.3 is 15.8 Å². The minimum absolute atomic E-state index is 0. The molecule has 5 nitrogen and oxygen atoms in total. The van der Waals surface area contributed by atoms with Crippen LogP contribution < -0.4 is 11.1 Å². The SMILES string of the molecule is Cc1csc(C(C)NC(=O)[C@@H]2CC[C@H](CN)O2)n1.Cl.Cl. The van der Waals surface area contributed by atoms with Crippen molar-refractivity contribution in [1.82, 2.24) is 10.3 Å². The summed E-state index contributed by atoms with van der Waals surface area (Å²) < 4.78 is 5.56. The molecular weight excluding hydrogens is 321 g/mol. The number of amides is 1. The van der Waals surface area contributed by atoms with E-state index in [4.69, 9.17) is 10.5 Å². The second kappa shape index (κ2) is 8.79. The first-order valence-electron chi connectivity index (χ1n) is 6.18. The summed E-state index contributed by atoms with van der Waals surface area (Å²) in [6, 6.07) is -0.0725. The maximum absolute atomic E-state index is 12.0. The Hall–Kier alpha value is -0.400. The average molecular weight is 342 g/mol. The molecular formula is C12H21Cl2N3O2S. The number of carbonyl (C=O) groups is 1. The zero-order valence-corrected chi connectivity index (χ0v) is 13.9. The molecule has 1 fully saturated rings. The van der Waals surface area contributed by atoms with Crippen LogP contribution in [0, 0.1) is 6.92 Å². The Bertz CT molecular complexity index is 431. The van der Waals surface area contributed by atoms with Crippen LogP contribution in [0.5, 0.6) is 0 Å². The lowest BCUT2D eigenvalue weighted by atomic mass is 10.2. The van der Waals surface area contributed by atoms with Gasteiger partial charge in [0, 0.05) is 17.6 Å². The van der Waals surface area contributed by atoms with Gasteiger partial charge in [0.15, 0.2) is 0 Å². The van der Waals surface area contributed by atoms with E-state index in [0.29, 0.717) is 6.54 Å². The van der Waals surface area contributed by atoms with E-state index in [1.54, 1.807) is 11.3 Å². The third-order valence-corrected chi connectivity index (χ3v) is 4.17. The molecule has 0 bridgehead atoms. The summed E-state index contributed by atoms with van der Waals surface area (Å²) in [7, 11) is 0. The van der Waals surface area contributed by atoms with Gasteiger partial charge in [-0.2, -0.15) is 0 Å². The largest absolute Gasteiger partial charge is 0.364 e. The normalized spacial score (nSPS) is 22.6. The number of hydrogen-bond donors (Lipinski definition) is 2. The highest BCUT2D eigenvalue weighted by Crippen LogP contribution is 2.21. The van der Waals surface area contributed by atoms with Gasteiger partial charge in [0.1, 0.15) is 11.1 Å². The molecule has 2 rings (SSSR count). The van der Waals surface area contributed by atoms with Gasteiger partial charge in [0.25, 0.3) is 0 Å². The fourth-order valence-corrected chi connectivity index (χ4v) is 2.81. The van der Waals surface area contributed by atoms with Gasteiger partial charge in [-0.25, -0.2) is 4.98 Å². The highest BCUT2D eigenvalue weighted by atomic mass is 35.5. The van der Waals surface area contributed by atoms with E-state index in [0.717, 1.165) is 23.5 Å². The summed E-state index contributed by atoms with van der Waals surface area (Å²) in [5.74, 6) is -0.0636. The number of nitrogens with zero attached hydrogens (tertiary/aromatic N) is 1. The Balaban J connectivity index is 0.00000180. The van der Waals surface area contributed by atoms with E-state index in [-0.39, 0.29) is 49.0 Å². The van der Waals surface area contributed by atoms with E-state index < -0.39 is 0 Å². The number of nitrogens with two attached hydrogens (primary N) is 1. The summed E-state index contributed by atoms with van der Waals surface area (Å²) >= 11 is 1.56. The number of ether oxygens (including phenoxy) is 1. The van der Waals surface area contributed by atoms with Crippen molar-refractivity contribution >= 4 is 42.1 Å². The second-order valence-electron chi connectivity index (χ2n) is 4.62. The zero-order chi connectivity index (χ0) is 13.1. The number of rotatable bonds is 4. The van der Waals surface area contributed by atoms with Crippen LogP contribution in [-0.2, 0) is 9.53 Å². The Labute approximate surface area is 135 Å². The van der Waals surface area contributed by atoms with Crippen molar-refractivity contribution in [2.24, 2.45) is 5.73 Å². The number of nitrogens with one attached hydrogen (secondary N) is 1. The van der Waals surface area contributed by atoms with Crippen molar-refractivity contribution in [2.75, 3.05) is 6.54 Å². The first kappa shape index (κ1) is 19.6. The number of hydrogen-bond acceptors (Lipinski definition) is 5. The summed E-state index contributed by atoms with van der Waals surface area (Å²) in [6.45, 7) is 4.36. The summed E-state index contributed by atoms with van der Waals surface area (Å²) in [5.41, 5.74) is 6.51. The molecule has 0 saturated carbocycles. The molecule has 0 aliphatic carbocycles. The quantitative estimate of drug-likeness (QED) is 0.877. The molecule has 1 amide bonds. The van der Waals surface area contributed by atoms with Gasteiger partial charge >= 0.3 is 0 Å². The van der Waals surface area contributed by atoms with Crippen LogP contribution in [0.1, 0.15) is 36.5 Å². The monoisotopic (exact) mass is 341 g/mol. The third-order valence-electron chi connectivity index (χ3n) is 3.03. The maximum atomic E-state index is 12.0. The molecule has 1 unspecified atom stereocenters. The van der Waals surface area contributed by atoms with E-state index >= 15 is 0 Å². The molecule has 1 aliphatic rings. The Morgan fingerprint density at radius 3 is 2.80 bits per heavy atom. The van der Waals surface area contributed by atoms with Crippen molar-refractivity contribution in [3.63, 3.8) is 0 Å². The predicted molar refractivity (Wildman–Crippen MR) is 84.9 cm³/mol. The van der Waals surface area contributed by atoms with Gasteiger partial charge in [0.05, 0.1) is 12.1 Å². The number of aromatic nitrogens is 1. The first-order valence-corrected chi connectivity index (χ1v) is 7.06. The van der Waals surface area contributed by atoms with E-state index in [1.165, 1.54) is 0 Å². The van der Waals surface area contributed by atoms with Gasteiger partial charge in [0.2, 0.25) is 5.91 Å². The summed E-state index contributed by atoms with van der Waals surface area (Å²) in [4.78, 5) is 16.4. The van der Waals surface area contributed by atoms with Crippen LogP contribution in [0.4, 0.5) is 0 Å². The average Bonchev–Trinajstić information content (AvgIpc) is 2.97.